The van der Waals surface area contributed by atoms with Crippen molar-refractivity contribution in [2.45, 2.75) is 13.1 Å². The van der Waals surface area contributed by atoms with Crippen LogP contribution in [0.1, 0.15) is 18.7 Å². The topological polar surface area (TPSA) is 51.8 Å². The molecule has 66 valence electrons. The Kier molecular flexibility index (Phi) is 3.10. The molecule has 0 aliphatic carbocycles. The highest BCUT2D eigenvalue weighted by Gasteiger charge is 2.16. The van der Waals surface area contributed by atoms with E-state index in [9.17, 15) is 4.39 Å². The van der Waals surface area contributed by atoms with Crippen LogP contribution in [0.2, 0.25) is 0 Å². The minimum absolute atomic E-state index is 0.184. The van der Waals surface area contributed by atoms with Crippen molar-refractivity contribution in [3.8, 4) is 0 Å². The average molecular weight is 169 g/mol. The maximum absolute atomic E-state index is 13.4. The number of nitrogens with two attached hydrogens (primary N) is 1. The van der Waals surface area contributed by atoms with Gasteiger partial charge in [0.15, 0.2) is 0 Å². The molecule has 1 aromatic rings. The second-order valence-electron chi connectivity index (χ2n) is 2.79. The Hall–Kier alpha value is -1.03. The van der Waals surface area contributed by atoms with Gasteiger partial charge in [0.2, 0.25) is 0 Å². The summed E-state index contributed by atoms with van der Waals surface area (Å²) in [5.74, 6) is -0.184. The molecule has 1 heterocycles. The second-order valence-corrected chi connectivity index (χ2v) is 2.79. The first-order chi connectivity index (χ1) is 5.75. The largest absolute Gasteiger partial charge is 0.330 e. The van der Waals surface area contributed by atoms with Gasteiger partial charge in [-0.3, -0.25) is 0 Å². The van der Waals surface area contributed by atoms with E-state index in [-0.39, 0.29) is 5.92 Å². The van der Waals surface area contributed by atoms with Gasteiger partial charge < -0.3 is 5.73 Å². The molecule has 0 bridgehead atoms. The molecule has 0 radical (unpaired) electrons. The van der Waals surface area contributed by atoms with Gasteiger partial charge in [-0.25, -0.2) is 14.4 Å². The Balaban J connectivity index is 2.71. The number of alkyl halides is 1. The number of halogens is 1. The third kappa shape index (κ3) is 1.98. The van der Waals surface area contributed by atoms with Gasteiger partial charge >= 0.3 is 0 Å². The normalized spacial score (nSPS) is 15.6. The van der Waals surface area contributed by atoms with Gasteiger partial charge in [0.25, 0.3) is 0 Å². The summed E-state index contributed by atoms with van der Waals surface area (Å²) in [4.78, 5) is 7.46. The molecule has 4 heteroatoms. The van der Waals surface area contributed by atoms with Gasteiger partial charge in [0.1, 0.15) is 12.5 Å². The monoisotopic (exact) mass is 169 g/mol. The van der Waals surface area contributed by atoms with Crippen LogP contribution < -0.4 is 5.73 Å². The zero-order valence-corrected chi connectivity index (χ0v) is 6.94. The van der Waals surface area contributed by atoms with E-state index in [0.717, 1.165) is 0 Å². The summed E-state index contributed by atoms with van der Waals surface area (Å²) in [6.45, 7) is 2.09. The van der Waals surface area contributed by atoms with Gasteiger partial charge in [-0.1, -0.05) is 6.92 Å². The lowest BCUT2D eigenvalue weighted by Gasteiger charge is -2.13. The first-order valence-corrected chi connectivity index (χ1v) is 3.84. The molecule has 2 N–H and O–H groups in total. The van der Waals surface area contributed by atoms with E-state index >= 15 is 0 Å². The molecule has 0 aromatic carbocycles. The highest BCUT2D eigenvalue weighted by atomic mass is 19.1. The highest BCUT2D eigenvalue weighted by Crippen LogP contribution is 2.23. The van der Waals surface area contributed by atoms with Crippen LogP contribution in [0.5, 0.6) is 0 Å². The van der Waals surface area contributed by atoms with Crippen molar-refractivity contribution in [2.24, 2.45) is 11.7 Å². The van der Waals surface area contributed by atoms with Crippen molar-refractivity contribution < 1.29 is 4.39 Å². The van der Waals surface area contributed by atoms with E-state index in [1.807, 2.05) is 0 Å². The maximum Gasteiger partial charge on any atom is 0.132 e. The van der Waals surface area contributed by atoms with Crippen LogP contribution in [0.4, 0.5) is 4.39 Å². The molecule has 1 rings (SSSR count). The summed E-state index contributed by atoms with van der Waals surface area (Å²) in [7, 11) is 0. The summed E-state index contributed by atoms with van der Waals surface area (Å²) in [6, 6.07) is 0. The van der Waals surface area contributed by atoms with Crippen molar-refractivity contribution in [1.82, 2.24) is 9.97 Å². The van der Waals surface area contributed by atoms with E-state index in [4.69, 9.17) is 5.73 Å². The van der Waals surface area contributed by atoms with Crippen molar-refractivity contribution in [1.29, 1.82) is 0 Å². The summed E-state index contributed by atoms with van der Waals surface area (Å²) in [6.07, 6.45) is 3.27. The Morgan fingerprint density at radius 1 is 1.50 bits per heavy atom. The number of aromatic nitrogens is 2. The Bertz CT molecular complexity index is 227. The van der Waals surface area contributed by atoms with Crippen LogP contribution in [-0.2, 0) is 0 Å². The number of hydrogen-bond donors (Lipinski definition) is 1. The molecule has 1 aromatic heterocycles. The van der Waals surface area contributed by atoms with Crippen LogP contribution in [0, 0.1) is 5.92 Å². The van der Waals surface area contributed by atoms with Crippen LogP contribution in [-0.4, -0.2) is 16.5 Å². The highest BCUT2D eigenvalue weighted by molar-refractivity contribution is 5.07. The SMILES string of the molecule is CC(CN)C(F)c1cncnc1. The molecule has 0 saturated heterocycles. The minimum Gasteiger partial charge on any atom is -0.330 e. The predicted octanol–water partition coefficient (Wildman–Crippen LogP) is 1.08. The zero-order valence-electron chi connectivity index (χ0n) is 6.94. The second kappa shape index (κ2) is 4.11. The van der Waals surface area contributed by atoms with Crippen molar-refractivity contribution in [2.75, 3.05) is 6.54 Å². The zero-order chi connectivity index (χ0) is 8.97. The molecule has 12 heavy (non-hydrogen) atoms. The molecule has 0 saturated carbocycles. The van der Waals surface area contributed by atoms with Gasteiger partial charge in [-0.2, -0.15) is 0 Å². The Labute approximate surface area is 70.8 Å². The lowest BCUT2D eigenvalue weighted by molar-refractivity contribution is 0.250. The van der Waals surface area contributed by atoms with Crippen molar-refractivity contribution in [3.05, 3.63) is 24.3 Å². The fourth-order valence-electron chi connectivity index (χ4n) is 0.901. The molecule has 2 unspecified atom stereocenters. The Morgan fingerprint density at radius 3 is 2.58 bits per heavy atom. The molecule has 3 nitrogen and oxygen atoms in total. The van der Waals surface area contributed by atoms with Crippen LogP contribution >= 0.6 is 0 Å². The number of nitrogens with zero attached hydrogens (tertiary/aromatic N) is 2. The van der Waals surface area contributed by atoms with Gasteiger partial charge in [-0.05, 0) is 6.54 Å². The predicted molar refractivity (Wildman–Crippen MR) is 44.1 cm³/mol. The van der Waals surface area contributed by atoms with E-state index in [0.29, 0.717) is 12.1 Å². The van der Waals surface area contributed by atoms with E-state index < -0.39 is 6.17 Å². The molecule has 0 spiro atoms. The maximum atomic E-state index is 13.4. The molecular weight excluding hydrogens is 157 g/mol. The average Bonchev–Trinajstić information content (AvgIpc) is 2.17. The van der Waals surface area contributed by atoms with Crippen LogP contribution in [0.15, 0.2) is 18.7 Å². The van der Waals surface area contributed by atoms with Crippen molar-refractivity contribution in [3.63, 3.8) is 0 Å². The number of hydrogen-bond acceptors (Lipinski definition) is 3. The molecule has 0 amide bonds. The lowest BCUT2D eigenvalue weighted by Crippen LogP contribution is -2.16. The first kappa shape index (κ1) is 9.06. The Morgan fingerprint density at radius 2 is 2.08 bits per heavy atom. The molecular formula is C8H12FN3. The molecule has 0 aliphatic heterocycles. The standard InChI is InChI=1S/C8H12FN3/c1-6(2-10)8(9)7-3-11-5-12-4-7/h3-6,8H,2,10H2,1H3. The third-order valence-corrected chi connectivity index (χ3v) is 1.77. The summed E-state index contributed by atoms with van der Waals surface area (Å²) in [5, 5.41) is 0. The molecule has 2 atom stereocenters. The van der Waals surface area contributed by atoms with Crippen LogP contribution in [0.3, 0.4) is 0 Å². The molecule has 0 fully saturated rings. The van der Waals surface area contributed by atoms with Gasteiger partial charge in [0, 0.05) is 23.9 Å². The quantitative estimate of drug-likeness (QED) is 0.736. The minimum atomic E-state index is -1.06. The summed E-state index contributed by atoms with van der Waals surface area (Å²) < 4.78 is 13.4. The fourth-order valence-corrected chi connectivity index (χ4v) is 0.901. The van der Waals surface area contributed by atoms with Gasteiger partial charge in [0.05, 0.1) is 0 Å². The summed E-state index contributed by atoms with van der Waals surface area (Å²) in [5.41, 5.74) is 5.83. The fraction of sp³-hybridized carbons (Fsp3) is 0.500. The molecule has 0 aliphatic rings. The van der Waals surface area contributed by atoms with E-state index in [1.54, 1.807) is 6.92 Å². The van der Waals surface area contributed by atoms with Crippen LogP contribution in [0.25, 0.3) is 0 Å². The van der Waals surface area contributed by atoms with E-state index in [2.05, 4.69) is 9.97 Å². The first-order valence-electron chi connectivity index (χ1n) is 3.84. The lowest BCUT2D eigenvalue weighted by atomic mass is 10.0. The van der Waals surface area contributed by atoms with Gasteiger partial charge in [-0.15, -0.1) is 0 Å². The summed E-state index contributed by atoms with van der Waals surface area (Å²) >= 11 is 0. The third-order valence-electron chi connectivity index (χ3n) is 1.77. The smallest absolute Gasteiger partial charge is 0.132 e. The van der Waals surface area contributed by atoms with Crippen molar-refractivity contribution >= 4 is 0 Å². The number of rotatable bonds is 3. The van der Waals surface area contributed by atoms with E-state index in [1.165, 1.54) is 18.7 Å².